The number of sulfonamides is 1. The molecule has 22 heavy (non-hydrogen) atoms. The van der Waals surface area contributed by atoms with Gasteiger partial charge in [-0.2, -0.15) is 4.31 Å². The van der Waals surface area contributed by atoms with Gasteiger partial charge in [0.05, 0.1) is 4.90 Å². The van der Waals surface area contributed by atoms with Crippen molar-refractivity contribution in [2.24, 2.45) is 0 Å². The molecular formula is C15H14ClNO4S. The van der Waals surface area contributed by atoms with Gasteiger partial charge in [-0.05, 0) is 29.8 Å². The summed E-state index contributed by atoms with van der Waals surface area (Å²) >= 11 is 5.75. The lowest BCUT2D eigenvalue weighted by Crippen LogP contribution is -2.35. The van der Waals surface area contributed by atoms with E-state index in [4.69, 9.17) is 16.7 Å². The largest absolute Gasteiger partial charge is 0.480 e. The summed E-state index contributed by atoms with van der Waals surface area (Å²) in [7, 11) is -3.92. The summed E-state index contributed by atoms with van der Waals surface area (Å²) in [4.78, 5) is 11.0. The summed E-state index contributed by atoms with van der Waals surface area (Å²) in [5.41, 5.74) is 0.710. The van der Waals surface area contributed by atoms with Crippen LogP contribution in [-0.4, -0.2) is 30.3 Å². The van der Waals surface area contributed by atoms with Gasteiger partial charge in [0.2, 0.25) is 10.0 Å². The molecule has 2 aromatic carbocycles. The van der Waals surface area contributed by atoms with Crippen molar-refractivity contribution < 1.29 is 18.3 Å². The average molecular weight is 340 g/mol. The molecule has 116 valence electrons. The van der Waals surface area contributed by atoms with Crippen molar-refractivity contribution in [2.75, 3.05) is 6.54 Å². The van der Waals surface area contributed by atoms with Gasteiger partial charge in [0.15, 0.2) is 0 Å². The Kier molecular flexibility index (Phi) is 5.18. The summed E-state index contributed by atoms with van der Waals surface area (Å²) in [5, 5.41) is 9.40. The Balaban J connectivity index is 2.35. The first-order chi connectivity index (χ1) is 10.4. The maximum atomic E-state index is 12.6. The fourth-order valence-corrected chi connectivity index (χ4v) is 3.42. The molecule has 0 aliphatic heterocycles. The highest BCUT2D eigenvalue weighted by atomic mass is 35.5. The van der Waals surface area contributed by atoms with Gasteiger partial charge in [0.25, 0.3) is 0 Å². The van der Waals surface area contributed by atoms with Crippen LogP contribution in [-0.2, 0) is 21.4 Å². The molecule has 0 aliphatic carbocycles. The van der Waals surface area contributed by atoms with E-state index in [-0.39, 0.29) is 11.4 Å². The summed E-state index contributed by atoms with van der Waals surface area (Å²) in [6.07, 6.45) is 0. The van der Waals surface area contributed by atoms with Crippen molar-refractivity contribution in [2.45, 2.75) is 11.4 Å². The highest BCUT2D eigenvalue weighted by Gasteiger charge is 2.26. The molecule has 2 aromatic rings. The topological polar surface area (TPSA) is 74.7 Å². The van der Waals surface area contributed by atoms with Crippen LogP contribution in [0.5, 0.6) is 0 Å². The van der Waals surface area contributed by atoms with E-state index in [1.165, 1.54) is 24.3 Å². The molecule has 0 aromatic heterocycles. The first-order valence-electron chi connectivity index (χ1n) is 6.41. The molecule has 0 fully saturated rings. The number of hydrogen-bond donors (Lipinski definition) is 1. The van der Waals surface area contributed by atoms with Crippen LogP contribution in [0, 0.1) is 0 Å². The number of carbonyl (C=O) groups is 1. The number of carboxylic acids is 1. The van der Waals surface area contributed by atoms with Crippen LogP contribution in [0.4, 0.5) is 0 Å². The molecule has 0 aliphatic rings. The Morgan fingerprint density at radius 1 is 1.05 bits per heavy atom. The normalized spacial score (nSPS) is 11.5. The average Bonchev–Trinajstić information content (AvgIpc) is 2.47. The van der Waals surface area contributed by atoms with Gasteiger partial charge in [-0.25, -0.2) is 8.42 Å². The van der Waals surface area contributed by atoms with Crippen LogP contribution in [0.25, 0.3) is 0 Å². The van der Waals surface area contributed by atoms with Gasteiger partial charge in [0.1, 0.15) is 6.54 Å². The monoisotopic (exact) mass is 339 g/mol. The molecule has 0 amide bonds. The lowest BCUT2D eigenvalue weighted by atomic mass is 10.2. The van der Waals surface area contributed by atoms with Crippen LogP contribution in [0.15, 0.2) is 59.5 Å². The summed E-state index contributed by atoms with van der Waals surface area (Å²) in [6, 6.07) is 14.4. The Morgan fingerprint density at radius 3 is 2.18 bits per heavy atom. The van der Waals surface area contributed by atoms with Gasteiger partial charge in [0, 0.05) is 11.6 Å². The molecule has 0 spiro atoms. The van der Waals surface area contributed by atoms with Crippen molar-refractivity contribution in [3.8, 4) is 0 Å². The van der Waals surface area contributed by atoms with Crippen LogP contribution in [0.2, 0.25) is 5.02 Å². The lowest BCUT2D eigenvalue weighted by molar-refractivity contribution is -0.137. The third kappa shape index (κ3) is 4.07. The van der Waals surface area contributed by atoms with Crippen LogP contribution in [0.1, 0.15) is 5.56 Å². The predicted octanol–water partition coefficient (Wildman–Crippen LogP) is 2.62. The Morgan fingerprint density at radius 2 is 1.64 bits per heavy atom. The summed E-state index contributed by atoms with van der Waals surface area (Å²) in [6.45, 7) is -0.627. The second-order valence-corrected chi connectivity index (χ2v) is 6.98. The zero-order chi connectivity index (χ0) is 16.2. The standard InChI is InChI=1S/C15H14ClNO4S/c16-13-6-8-14(9-7-13)22(20,21)17(11-15(18)19)10-12-4-2-1-3-5-12/h1-9H,10-11H2,(H,18,19). The fourth-order valence-electron chi connectivity index (χ4n) is 1.92. The highest BCUT2D eigenvalue weighted by Crippen LogP contribution is 2.20. The van der Waals surface area contributed by atoms with E-state index in [0.717, 1.165) is 4.31 Å². The Bertz CT molecular complexity index is 745. The second-order valence-electron chi connectivity index (χ2n) is 4.61. The van der Waals surface area contributed by atoms with E-state index >= 15 is 0 Å². The first kappa shape index (κ1) is 16.5. The van der Waals surface area contributed by atoms with Crippen LogP contribution in [0.3, 0.4) is 0 Å². The molecule has 0 heterocycles. The van der Waals surface area contributed by atoms with Crippen molar-refractivity contribution in [1.82, 2.24) is 4.31 Å². The molecule has 0 saturated heterocycles. The minimum absolute atomic E-state index is 0.00841. The van der Waals surface area contributed by atoms with E-state index in [0.29, 0.717) is 10.6 Å². The van der Waals surface area contributed by atoms with E-state index < -0.39 is 22.5 Å². The molecule has 0 bridgehead atoms. The zero-order valence-corrected chi connectivity index (χ0v) is 13.1. The number of aliphatic carboxylic acids is 1. The Hall–Kier alpha value is -1.89. The predicted molar refractivity (Wildman–Crippen MR) is 83.1 cm³/mol. The number of halogens is 1. The third-order valence-corrected chi connectivity index (χ3v) is 5.02. The molecular weight excluding hydrogens is 326 g/mol. The van der Waals surface area contributed by atoms with Crippen LogP contribution < -0.4 is 0 Å². The number of nitrogens with zero attached hydrogens (tertiary/aromatic N) is 1. The molecule has 0 atom stereocenters. The van der Waals surface area contributed by atoms with Crippen molar-refractivity contribution in [3.05, 3.63) is 65.2 Å². The molecule has 1 N–H and O–H groups in total. The number of rotatable bonds is 6. The second kappa shape index (κ2) is 6.91. The number of carboxylic acid groups (broad SMARTS) is 1. The molecule has 0 radical (unpaired) electrons. The number of benzene rings is 2. The quantitative estimate of drug-likeness (QED) is 0.877. The van der Waals surface area contributed by atoms with Gasteiger partial charge in [-0.15, -0.1) is 0 Å². The van der Waals surface area contributed by atoms with Crippen molar-refractivity contribution in [1.29, 1.82) is 0 Å². The minimum Gasteiger partial charge on any atom is -0.480 e. The van der Waals surface area contributed by atoms with E-state index in [9.17, 15) is 13.2 Å². The Labute approximate surface area is 133 Å². The summed E-state index contributed by atoms with van der Waals surface area (Å²) in [5.74, 6) is -1.21. The van der Waals surface area contributed by atoms with E-state index in [1.807, 2.05) is 0 Å². The molecule has 0 saturated carbocycles. The van der Waals surface area contributed by atoms with E-state index in [2.05, 4.69) is 0 Å². The van der Waals surface area contributed by atoms with Gasteiger partial charge < -0.3 is 5.11 Å². The third-order valence-electron chi connectivity index (χ3n) is 2.96. The molecule has 7 heteroatoms. The molecule has 2 rings (SSSR count). The lowest BCUT2D eigenvalue weighted by Gasteiger charge is -2.20. The fraction of sp³-hybridized carbons (Fsp3) is 0.133. The maximum absolute atomic E-state index is 12.6. The maximum Gasteiger partial charge on any atom is 0.318 e. The number of hydrogen-bond acceptors (Lipinski definition) is 3. The SMILES string of the molecule is O=C(O)CN(Cc1ccccc1)S(=O)(=O)c1ccc(Cl)cc1. The van der Waals surface area contributed by atoms with Crippen LogP contribution >= 0.6 is 11.6 Å². The van der Waals surface area contributed by atoms with Gasteiger partial charge >= 0.3 is 5.97 Å². The van der Waals surface area contributed by atoms with E-state index in [1.54, 1.807) is 30.3 Å². The van der Waals surface area contributed by atoms with Gasteiger partial charge in [-0.1, -0.05) is 41.9 Å². The minimum atomic E-state index is -3.92. The molecule has 0 unspecified atom stereocenters. The van der Waals surface area contributed by atoms with Crippen molar-refractivity contribution >= 4 is 27.6 Å². The van der Waals surface area contributed by atoms with Gasteiger partial charge in [-0.3, -0.25) is 4.79 Å². The molecule has 5 nitrogen and oxygen atoms in total. The van der Waals surface area contributed by atoms with Crippen molar-refractivity contribution in [3.63, 3.8) is 0 Å². The highest BCUT2D eigenvalue weighted by molar-refractivity contribution is 7.89. The summed E-state index contributed by atoms with van der Waals surface area (Å²) < 4.78 is 26.1. The zero-order valence-electron chi connectivity index (χ0n) is 11.5. The first-order valence-corrected chi connectivity index (χ1v) is 8.23. The smallest absolute Gasteiger partial charge is 0.318 e.